The number of methoxy groups -OCH3 is 2. The van der Waals surface area contributed by atoms with Crippen molar-refractivity contribution in [1.82, 2.24) is 10.7 Å². The van der Waals surface area contributed by atoms with Gasteiger partial charge in [-0.15, -0.1) is 0 Å². The van der Waals surface area contributed by atoms with Crippen molar-refractivity contribution in [1.29, 1.82) is 0 Å². The van der Waals surface area contributed by atoms with Crippen molar-refractivity contribution >= 4 is 55.9 Å². The second-order valence-electron chi connectivity index (χ2n) is 6.72. The molecule has 2 amide bonds. The number of rotatable bonds is 9. The van der Waals surface area contributed by atoms with Crippen molar-refractivity contribution < 1.29 is 33.0 Å². The molecule has 0 saturated carbocycles. The van der Waals surface area contributed by atoms with Gasteiger partial charge in [0.15, 0.2) is 17.2 Å². The van der Waals surface area contributed by atoms with E-state index in [0.29, 0.717) is 31.6 Å². The van der Waals surface area contributed by atoms with Crippen molar-refractivity contribution in [2.24, 2.45) is 5.10 Å². The predicted molar refractivity (Wildman–Crippen MR) is 133 cm³/mol. The Hall–Kier alpha value is -3.64. The van der Waals surface area contributed by atoms with Crippen LogP contribution in [0.3, 0.4) is 0 Å². The number of ether oxygens (including phenoxy) is 3. The molecule has 0 radical (unpaired) electrons. The average Bonchev–Trinajstić information content (AvgIpc) is 3.39. The van der Waals surface area contributed by atoms with Gasteiger partial charge in [-0.3, -0.25) is 9.59 Å². The highest BCUT2D eigenvalue weighted by molar-refractivity contribution is 9.11. The molecule has 182 valence electrons. The van der Waals surface area contributed by atoms with Gasteiger partial charge in [0, 0.05) is 15.6 Å². The summed E-state index contributed by atoms with van der Waals surface area (Å²) in [5.41, 5.74) is 2.99. The molecule has 0 aliphatic rings. The Morgan fingerprint density at radius 1 is 1.06 bits per heavy atom. The van der Waals surface area contributed by atoms with E-state index < -0.39 is 17.8 Å². The van der Waals surface area contributed by atoms with Crippen LogP contribution in [0.15, 0.2) is 67.2 Å². The van der Waals surface area contributed by atoms with Crippen molar-refractivity contribution in [3.05, 3.63) is 74.6 Å². The van der Waals surface area contributed by atoms with Crippen LogP contribution in [0.25, 0.3) is 0 Å². The van der Waals surface area contributed by atoms with Gasteiger partial charge in [0.05, 0.1) is 37.7 Å². The maximum atomic E-state index is 12.3. The molecule has 12 heteroatoms. The number of halogens is 2. The van der Waals surface area contributed by atoms with Crippen LogP contribution in [-0.2, 0) is 4.79 Å². The van der Waals surface area contributed by atoms with E-state index in [1.54, 1.807) is 30.3 Å². The lowest BCUT2D eigenvalue weighted by atomic mass is 10.2. The van der Waals surface area contributed by atoms with Gasteiger partial charge in [-0.25, -0.2) is 10.2 Å². The Balaban J connectivity index is 1.61. The number of carbonyl (C=O) groups is 3. The Kier molecular flexibility index (Phi) is 9.04. The quantitative estimate of drug-likeness (QED) is 0.163. The van der Waals surface area contributed by atoms with E-state index in [0.717, 1.165) is 0 Å². The van der Waals surface area contributed by atoms with E-state index >= 15 is 0 Å². The van der Waals surface area contributed by atoms with E-state index in [1.165, 1.54) is 38.8 Å². The highest BCUT2D eigenvalue weighted by Crippen LogP contribution is 2.33. The van der Waals surface area contributed by atoms with E-state index in [1.807, 2.05) is 0 Å². The number of carbonyl (C=O) groups excluding carboxylic acids is 3. The summed E-state index contributed by atoms with van der Waals surface area (Å²) >= 11 is 6.69. The first-order valence-electron chi connectivity index (χ1n) is 9.89. The number of hydrogen-bond donors (Lipinski definition) is 2. The van der Waals surface area contributed by atoms with E-state index in [9.17, 15) is 14.4 Å². The molecule has 3 aromatic rings. The highest BCUT2D eigenvalue weighted by Gasteiger charge is 2.17. The van der Waals surface area contributed by atoms with Crippen LogP contribution < -0.4 is 25.0 Å². The molecule has 3 rings (SSSR count). The van der Waals surface area contributed by atoms with Gasteiger partial charge in [0.2, 0.25) is 5.76 Å². The fourth-order valence-corrected chi connectivity index (χ4v) is 4.11. The van der Waals surface area contributed by atoms with Gasteiger partial charge in [-0.1, -0.05) is 15.9 Å². The Bertz CT molecular complexity index is 1260. The van der Waals surface area contributed by atoms with E-state index in [-0.39, 0.29) is 18.1 Å². The molecular formula is C23H19Br2N3O7. The van der Waals surface area contributed by atoms with Crippen LogP contribution in [0, 0.1) is 0 Å². The molecule has 0 saturated heterocycles. The summed E-state index contributed by atoms with van der Waals surface area (Å²) in [6.07, 6.45) is 2.66. The van der Waals surface area contributed by atoms with Crippen molar-refractivity contribution in [2.45, 2.75) is 0 Å². The third-order valence-electron chi connectivity index (χ3n) is 4.40. The second-order valence-corrected chi connectivity index (χ2v) is 8.49. The second kappa shape index (κ2) is 12.2. The lowest BCUT2D eigenvalue weighted by molar-refractivity contribution is -0.120. The normalized spacial score (nSPS) is 10.6. The fourth-order valence-electron chi connectivity index (χ4n) is 2.77. The Morgan fingerprint density at radius 2 is 1.83 bits per heavy atom. The third kappa shape index (κ3) is 6.93. The Morgan fingerprint density at radius 3 is 2.51 bits per heavy atom. The monoisotopic (exact) mass is 607 g/mol. The smallest absolute Gasteiger partial charge is 0.379 e. The number of nitrogens with one attached hydrogen (secondary N) is 2. The molecular weight excluding hydrogens is 590 g/mol. The van der Waals surface area contributed by atoms with Gasteiger partial charge in [0.1, 0.15) is 0 Å². The molecule has 0 aliphatic carbocycles. The number of furan rings is 1. The molecule has 0 fully saturated rings. The summed E-state index contributed by atoms with van der Waals surface area (Å²) in [4.78, 5) is 36.8. The first-order valence-corrected chi connectivity index (χ1v) is 11.5. The molecule has 0 unspecified atom stereocenters. The first-order chi connectivity index (χ1) is 16.8. The zero-order chi connectivity index (χ0) is 25.4. The molecule has 0 spiro atoms. The summed E-state index contributed by atoms with van der Waals surface area (Å²) in [5.74, 6) is -0.681. The molecule has 0 atom stereocenters. The molecule has 10 nitrogen and oxygen atoms in total. The fraction of sp³-hybridized carbons (Fsp3) is 0.130. The largest absolute Gasteiger partial charge is 0.493 e. The maximum absolute atomic E-state index is 12.3. The zero-order valence-corrected chi connectivity index (χ0v) is 21.6. The highest BCUT2D eigenvalue weighted by atomic mass is 79.9. The van der Waals surface area contributed by atoms with Gasteiger partial charge < -0.3 is 23.9 Å². The topological polar surface area (TPSA) is 128 Å². The summed E-state index contributed by atoms with van der Waals surface area (Å²) < 4.78 is 21.9. The minimum absolute atomic E-state index is 0.0289. The summed E-state index contributed by atoms with van der Waals surface area (Å²) in [6, 6.07) is 11.0. The maximum Gasteiger partial charge on any atom is 0.379 e. The number of esters is 1. The summed E-state index contributed by atoms with van der Waals surface area (Å²) in [7, 11) is 2.94. The van der Waals surface area contributed by atoms with Crippen LogP contribution in [0.2, 0.25) is 0 Å². The number of hydrogen-bond acceptors (Lipinski definition) is 8. The SMILES string of the molecule is COc1ccc(C(=O)NCC(=O)N/N=C\c2cc(Br)cc(Br)c2OC(=O)c2ccco2)cc1OC. The van der Waals surface area contributed by atoms with Gasteiger partial charge >= 0.3 is 5.97 Å². The minimum Gasteiger partial charge on any atom is -0.493 e. The van der Waals surface area contributed by atoms with Crippen LogP contribution >= 0.6 is 31.9 Å². The predicted octanol–water partition coefficient (Wildman–Crippen LogP) is 3.92. The molecule has 2 aromatic carbocycles. The summed E-state index contributed by atoms with van der Waals surface area (Å²) in [5, 5.41) is 6.38. The van der Waals surface area contributed by atoms with Gasteiger partial charge in [-0.2, -0.15) is 5.10 Å². The molecule has 0 bridgehead atoms. The van der Waals surface area contributed by atoms with Gasteiger partial charge in [-0.05, 0) is 58.4 Å². The van der Waals surface area contributed by atoms with Crippen LogP contribution in [-0.4, -0.2) is 44.8 Å². The van der Waals surface area contributed by atoms with E-state index in [2.05, 4.69) is 47.7 Å². The average molecular weight is 609 g/mol. The standard InChI is InChI=1S/C23H19Br2N3O7/c1-32-17-6-5-13(9-19(17)33-2)22(30)26-12-20(29)28-27-11-14-8-15(24)10-16(25)21(14)35-23(31)18-4-3-7-34-18/h3-11H,12H2,1-2H3,(H,26,30)(H,28,29)/b27-11-. The number of nitrogens with zero attached hydrogens (tertiary/aromatic N) is 1. The third-order valence-corrected chi connectivity index (χ3v) is 5.45. The molecule has 2 N–H and O–H groups in total. The van der Waals surface area contributed by atoms with Crippen molar-refractivity contribution in [3.8, 4) is 17.2 Å². The Labute approximate surface area is 216 Å². The number of amides is 2. The van der Waals surface area contributed by atoms with Crippen LogP contribution in [0.5, 0.6) is 17.2 Å². The lowest BCUT2D eigenvalue weighted by Crippen LogP contribution is -2.34. The van der Waals surface area contributed by atoms with Crippen molar-refractivity contribution in [2.75, 3.05) is 20.8 Å². The van der Waals surface area contributed by atoms with Crippen LogP contribution in [0.4, 0.5) is 0 Å². The first kappa shape index (κ1) is 26.0. The number of benzene rings is 2. The summed E-state index contributed by atoms with van der Waals surface area (Å²) in [6.45, 7) is -0.326. The lowest BCUT2D eigenvalue weighted by Gasteiger charge is -2.10. The van der Waals surface area contributed by atoms with E-state index in [4.69, 9.17) is 18.6 Å². The molecule has 35 heavy (non-hydrogen) atoms. The van der Waals surface area contributed by atoms with Gasteiger partial charge in [0.25, 0.3) is 11.8 Å². The molecule has 1 aromatic heterocycles. The van der Waals surface area contributed by atoms with Crippen molar-refractivity contribution in [3.63, 3.8) is 0 Å². The minimum atomic E-state index is -0.699. The zero-order valence-electron chi connectivity index (χ0n) is 18.5. The number of hydrazone groups is 1. The van der Waals surface area contributed by atoms with Crippen LogP contribution in [0.1, 0.15) is 26.5 Å². The molecule has 1 heterocycles. The molecule has 0 aliphatic heterocycles.